The summed E-state index contributed by atoms with van der Waals surface area (Å²) in [5, 5.41) is 13.8. The van der Waals surface area contributed by atoms with Crippen LogP contribution in [0.5, 0.6) is 0 Å². The van der Waals surface area contributed by atoms with Crippen LogP contribution in [0.2, 0.25) is 5.02 Å². The third kappa shape index (κ3) is 4.82. The Morgan fingerprint density at radius 3 is 2.34 bits per heavy atom. The third-order valence-corrected chi connectivity index (χ3v) is 5.00. The van der Waals surface area contributed by atoms with Gasteiger partial charge in [0.1, 0.15) is 11.7 Å². The molecule has 1 aliphatic heterocycles. The maximum Gasteiger partial charge on any atom is 0.318 e. The number of imide groups is 1. The Bertz CT molecular complexity index is 916. The van der Waals surface area contributed by atoms with E-state index in [2.05, 4.69) is 5.32 Å². The Morgan fingerprint density at radius 1 is 1.10 bits per heavy atom. The Balaban J connectivity index is 1.79. The number of nitro groups is 1. The molecule has 10 heteroatoms. The summed E-state index contributed by atoms with van der Waals surface area (Å²) in [4.78, 5) is 38.5. The number of carbonyl (C=O) groups excluding carboxylic acids is 2. The first-order valence-electron chi connectivity index (χ1n) is 8.95. The van der Waals surface area contributed by atoms with Crippen molar-refractivity contribution in [2.24, 2.45) is 5.73 Å². The number of anilines is 1. The van der Waals surface area contributed by atoms with Crippen molar-refractivity contribution in [1.29, 1.82) is 0 Å². The number of nitrogens with two attached hydrogens (primary N) is 1. The summed E-state index contributed by atoms with van der Waals surface area (Å²) in [5.41, 5.74) is 6.28. The standard InChI is InChI=1S/C19H20ClN5O4/c20-14-6-7-15(16(12-14)25(28)29)23-8-10-24(11-9-23)17(18(26)22-19(21)27)13-4-2-1-3-5-13/h1-7,12,17H,8-11H2,(H3,21,22,26,27). The number of rotatable bonds is 5. The largest absolute Gasteiger partial charge is 0.363 e. The van der Waals surface area contributed by atoms with Crippen LogP contribution in [-0.2, 0) is 4.79 Å². The van der Waals surface area contributed by atoms with Gasteiger partial charge in [0.25, 0.3) is 5.69 Å². The predicted octanol–water partition coefficient (Wildman–Crippen LogP) is 2.31. The number of amides is 3. The van der Waals surface area contributed by atoms with Crippen molar-refractivity contribution in [1.82, 2.24) is 10.2 Å². The van der Waals surface area contributed by atoms with Gasteiger partial charge in [-0.15, -0.1) is 0 Å². The molecule has 152 valence electrons. The molecule has 1 heterocycles. The van der Waals surface area contributed by atoms with E-state index in [1.807, 2.05) is 40.1 Å². The van der Waals surface area contributed by atoms with E-state index in [0.717, 1.165) is 5.56 Å². The van der Waals surface area contributed by atoms with Crippen LogP contribution in [0.25, 0.3) is 0 Å². The molecule has 2 aromatic carbocycles. The SMILES string of the molecule is NC(=O)NC(=O)C(c1ccccc1)N1CCN(c2ccc(Cl)cc2[N+](=O)[O-])CC1. The van der Waals surface area contributed by atoms with E-state index in [0.29, 0.717) is 36.9 Å². The number of nitro benzene ring substituents is 1. The van der Waals surface area contributed by atoms with Crippen LogP contribution in [-0.4, -0.2) is 47.9 Å². The second-order valence-electron chi connectivity index (χ2n) is 6.58. The smallest absolute Gasteiger partial charge is 0.318 e. The van der Waals surface area contributed by atoms with E-state index in [9.17, 15) is 19.7 Å². The molecular weight excluding hydrogens is 398 g/mol. The van der Waals surface area contributed by atoms with E-state index in [1.165, 1.54) is 6.07 Å². The van der Waals surface area contributed by atoms with Crippen LogP contribution < -0.4 is 16.0 Å². The minimum Gasteiger partial charge on any atom is -0.363 e. The Hall–Kier alpha value is -3.17. The number of benzene rings is 2. The van der Waals surface area contributed by atoms with Gasteiger partial charge in [-0.2, -0.15) is 0 Å². The van der Waals surface area contributed by atoms with Gasteiger partial charge in [-0.05, 0) is 17.7 Å². The lowest BCUT2D eigenvalue weighted by atomic mass is 10.0. The molecule has 0 radical (unpaired) electrons. The minimum atomic E-state index is -0.911. The third-order valence-electron chi connectivity index (χ3n) is 4.76. The molecule has 0 saturated carbocycles. The summed E-state index contributed by atoms with van der Waals surface area (Å²) < 4.78 is 0. The zero-order valence-electron chi connectivity index (χ0n) is 15.5. The molecule has 0 spiro atoms. The molecule has 3 rings (SSSR count). The molecule has 3 amide bonds. The highest BCUT2D eigenvalue weighted by molar-refractivity contribution is 6.30. The molecule has 1 atom stereocenters. The van der Waals surface area contributed by atoms with Crippen molar-refractivity contribution in [2.75, 3.05) is 31.1 Å². The Kier molecular flexibility index (Phi) is 6.30. The average molecular weight is 418 g/mol. The summed E-state index contributed by atoms with van der Waals surface area (Å²) in [7, 11) is 0. The molecule has 9 nitrogen and oxygen atoms in total. The number of urea groups is 1. The fourth-order valence-corrected chi connectivity index (χ4v) is 3.65. The van der Waals surface area contributed by atoms with Gasteiger partial charge in [0.2, 0.25) is 5.91 Å². The summed E-state index contributed by atoms with van der Waals surface area (Å²) in [6.07, 6.45) is 0. The van der Waals surface area contributed by atoms with Gasteiger partial charge in [0.05, 0.1) is 4.92 Å². The molecule has 0 aromatic heterocycles. The highest BCUT2D eigenvalue weighted by atomic mass is 35.5. The van der Waals surface area contributed by atoms with Crippen LogP contribution >= 0.6 is 11.6 Å². The van der Waals surface area contributed by atoms with E-state index in [4.69, 9.17) is 17.3 Å². The van der Waals surface area contributed by atoms with Gasteiger partial charge < -0.3 is 10.6 Å². The van der Waals surface area contributed by atoms with Crippen molar-refractivity contribution in [3.63, 3.8) is 0 Å². The minimum absolute atomic E-state index is 0.0583. The first-order valence-corrected chi connectivity index (χ1v) is 9.33. The summed E-state index contributed by atoms with van der Waals surface area (Å²) in [5.74, 6) is -0.505. The number of nitrogens with zero attached hydrogens (tertiary/aromatic N) is 3. The molecule has 29 heavy (non-hydrogen) atoms. The van der Waals surface area contributed by atoms with Crippen LogP contribution in [0.3, 0.4) is 0 Å². The normalized spacial score (nSPS) is 15.6. The molecule has 0 bridgehead atoms. The highest BCUT2D eigenvalue weighted by Gasteiger charge is 2.32. The van der Waals surface area contributed by atoms with Gasteiger partial charge in [-0.3, -0.25) is 25.1 Å². The summed E-state index contributed by atoms with van der Waals surface area (Å²) in [6.45, 7) is 1.86. The number of primary amides is 1. The molecule has 1 aliphatic rings. The highest BCUT2D eigenvalue weighted by Crippen LogP contribution is 2.32. The number of carbonyl (C=O) groups is 2. The van der Waals surface area contributed by atoms with Crippen molar-refractivity contribution in [2.45, 2.75) is 6.04 Å². The topological polar surface area (TPSA) is 122 Å². The van der Waals surface area contributed by atoms with Crippen molar-refractivity contribution in [3.8, 4) is 0 Å². The fraction of sp³-hybridized carbons (Fsp3) is 0.263. The number of nitrogens with one attached hydrogen (secondary N) is 1. The van der Waals surface area contributed by atoms with Gasteiger partial charge in [0, 0.05) is 37.3 Å². The van der Waals surface area contributed by atoms with Gasteiger partial charge in [-0.25, -0.2) is 4.79 Å². The lowest BCUT2D eigenvalue weighted by Gasteiger charge is -2.39. The number of halogens is 1. The summed E-state index contributed by atoms with van der Waals surface area (Å²) in [6, 6.07) is 12.1. The quantitative estimate of drug-likeness (QED) is 0.568. The lowest BCUT2D eigenvalue weighted by Crippen LogP contribution is -2.52. The van der Waals surface area contributed by atoms with Crippen molar-refractivity contribution in [3.05, 3.63) is 69.2 Å². The molecule has 2 aromatic rings. The molecule has 1 unspecified atom stereocenters. The van der Waals surface area contributed by atoms with E-state index in [1.54, 1.807) is 12.1 Å². The Labute approximate surface area is 172 Å². The molecule has 0 aliphatic carbocycles. The Morgan fingerprint density at radius 2 is 1.76 bits per heavy atom. The van der Waals surface area contributed by atoms with E-state index >= 15 is 0 Å². The molecule has 3 N–H and O–H groups in total. The van der Waals surface area contributed by atoms with Crippen LogP contribution in [0.1, 0.15) is 11.6 Å². The second kappa shape index (κ2) is 8.89. The number of piperazine rings is 1. The first-order chi connectivity index (χ1) is 13.9. The molecule has 1 fully saturated rings. The van der Waals surface area contributed by atoms with Gasteiger partial charge >= 0.3 is 6.03 Å². The monoisotopic (exact) mass is 417 g/mol. The van der Waals surface area contributed by atoms with Gasteiger partial charge in [0.15, 0.2) is 0 Å². The van der Waals surface area contributed by atoms with Crippen molar-refractivity contribution >= 4 is 34.9 Å². The van der Waals surface area contributed by atoms with Crippen LogP contribution in [0.15, 0.2) is 48.5 Å². The maximum atomic E-state index is 12.6. The summed E-state index contributed by atoms with van der Waals surface area (Å²) >= 11 is 5.90. The van der Waals surface area contributed by atoms with Gasteiger partial charge in [-0.1, -0.05) is 41.9 Å². The molecular formula is C19H20ClN5O4. The fourth-order valence-electron chi connectivity index (χ4n) is 3.48. The second-order valence-corrected chi connectivity index (χ2v) is 7.02. The zero-order valence-corrected chi connectivity index (χ0v) is 16.2. The van der Waals surface area contributed by atoms with E-state index < -0.39 is 22.9 Å². The predicted molar refractivity (Wildman–Crippen MR) is 109 cm³/mol. The maximum absolute atomic E-state index is 12.6. The van der Waals surface area contributed by atoms with Crippen LogP contribution in [0, 0.1) is 10.1 Å². The number of hydrogen-bond acceptors (Lipinski definition) is 6. The number of hydrogen-bond donors (Lipinski definition) is 2. The first kappa shape index (κ1) is 20.6. The lowest BCUT2D eigenvalue weighted by molar-refractivity contribution is -0.384. The van der Waals surface area contributed by atoms with Crippen molar-refractivity contribution < 1.29 is 14.5 Å². The zero-order chi connectivity index (χ0) is 21.0. The van der Waals surface area contributed by atoms with Crippen LogP contribution in [0.4, 0.5) is 16.2 Å². The average Bonchev–Trinajstić information content (AvgIpc) is 2.69. The van der Waals surface area contributed by atoms with E-state index in [-0.39, 0.29) is 5.69 Å². The molecule has 1 saturated heterocycles.